The lowest BCUT2D eigenvalue weighted by Gasteiger charge is -2.34. The van der Waals surface area contributed by atoms with E-state index in [2.05, 4.69) is 10.9 Å². The molecule has 12 heteroatoms. The summed E-state index contributed by atoms with van der Waals surface area (Å²) in [6.45, 7) is 1.09. The van der Waals surface area contributed by atoms with Crippen molar-refractivity contribution in [1.29, 1.82) is 0 Å². The third kappa shape index (κ3) is 6.11. The maximum absolute atomic E-state index is 13.1. The van der Waals surface area contributed by atoms with Crippen LogP contribution in [0.25, 0.3) is 0 Å². The highest BCUT2D eigenvalue weighted by Gasteiger charge is 2.37. The van der Waals surface area contributed by atoms with E-state index < -0.39 is 28.4 Å². The SMILES string of the molecule is O=[N+]([O-])c1cccc(C2CC(C3CCN(Cc4cc(C(F)(F)F)cc(C(F)(F)F)c4)CC3)NN2)c1. The summed E-state index contributed by atoms with van der Waals surface area (Å²) >= 11 is 0. The summed E-state index contributed by atoms with van der Waals surface area (Å²) in [5.41, 5.74) is 4.63. The highest BCUT2D eigenvalue weighted by Crippen LogP contribution is 2.37. The zero-order chi connectivity index (χ0) is 25.4. The van der Waals surface area contributed by atoms with Gasteiger partial charge in [0.2, 0.25) is 0 Å². The number of rotatable bonds is 5. The highest BCUT2D eigenvalue weighted by molar-refractivity contribution is 5.36. The van der Waals surface area contributed by atoms with E-state index in [1.54, 1.807) is 6.07 Å². The van der Waals surface area contributed by atoms with E-state index in [4.69, 9.17) is 0 Å². The molecule has 2 unspecified atom stereocenters. The fourth-order valence-corrected chi connectivity index (χ4v) is 4.85. The Morgan fingerprint density at radius 2 is 1.57 bits per heavy atom. The van der Waals surface area contributed by atoms with Crippen molar-refractivity contribution in [2.24, 2.45) is 5.92 Å². The summed E-state index contributed by atoms with van der Waals surface area (Å²) in [5.74, 6) is 0.259. The number of nitro benzene ring substituents is 1. The molecule has 6 nitrogen and oxygen atoms in total. The number of piperidine rings is 1. The summed E-state index contributed by atoms with van der Waals surface area (Å²) in [6, 6.07) is 8.15. The molecule has 190 valence electrons. The van der Waals surface area contributed by atoms with Gasteiger partial charge in [-0.05, 0) is 67.6 Å². The Kier molecular flexibility index (Phi) is 7.07. The van der Waals surface area contributed by atoms with Gasteiger partial charge in [-0.25, -0.2) is 0 Å². The molecule has 2 aliphatic heterocycles. The zero-order valence-electron chi connectivity index (χ0n) is 18.5. The van der Waals surface area contributed by atoms with Gasteiger partial charge < -0.3 is 0 Å². The molecule has 2 fully saturated rings. The standard InChI is InChI=1S/C23H24F6N4O2/c24-22(25,26)17-8-14(9-18(11-17)23(27,28)29)13-32-6-4-15(5-7-32)20-12-21(31-30-20)16-2-1-3-19(10-16)33(34)35/h1-3,8-11,15,20-21,30-31H,4-7,12-13H2. The number of nitrogens with zero attached hydrogens (tertiary/aromatic N) is 2. The van der Waals surface area contributed by atoms with Crippen LogP contribution in [0.1, 0.15) is 47.6 Å². The summed E-state index contributed by atoms with van der Waals surface area (Å²) in [5, 5.41) is 11.0. The number of benzene rings is 2. The third-order valence-corrected chi connectivity index (χ3v) is 6.67. The van der Waals surface area contributed by atoms with Crippen LogP contribution in [-0.4, -0.2) is 29.0 Å². The normalized spacial score (nSPS) is 22.5. The molecular weight excluding hydrogens is 478 g/mol. The predicted octanol–water partition coefficient (Wildman–Crippen LogP) is 5.45. The number of hydrogen-bond acceptors (Lipinski definition) is 5. The highest BCUT2D eigenvalue weighted by atomic mass is 19.4. The first-order valence-electron chi connectivity index (χ1n) is 11.2. The average Bonchev–Trinajstić information content (AvgIpc) is 3.29. The van der Waals surface area contributed by atoms with E-state index in [9.17, 15) is 36.5 Å². The number of halogens is 6. The molecule has 0 amide bonds. The molecule has 2 aromatic rings. The molecule has 0 aromatic heterocycles. The van der Waals surface area contributed by atoms with Crippen molar-refractivity contribution in [1.82, 2.24) is 15.8 Å². The Labute approximate surface area is 197 Å². The second-order valence-electron chi connectivity index (χ2n) is 9.06. The maximum atomic E-state index is 13.1. The average molecular weight is 502 g/mol. The van der Waals surface area contributed by atoms with Crippen molar-refractivity contribution in [3.8, 4) is 0 Å². The van der Waals surface area contributed by atoms with Gasteiger partial charge in [-0.15, -0.1) is 0 Å². The first kappa shape index (κ1) is 25.4. The van der Waals surface area contributed by atoms with Crippen LogP contribution in [0.4, 0.5) is 32.0 Å². The molecule has 2 N–H and O–H groups in total. The number of likely N-dealkylation sites (tertiary alicyclic amines) is 1. The van der Waals surface area contributed by atoms with Crippen LogP contribution in [0, 0.1) is 16.0 Å². The minimum Gasteiger partial charge on any atom is -0.299 e. The van der Waals surface area contributed by atoms with Crippen LogP contribution in [0.15, 0.2) is 42.5 Å². The monoisotopic (exact) mass is 502 g/mol. The maximum Gasteiger partial charge on any atom is 0.416 e. The Hall–Kier alpha value is -2.70. The third-order valence-electron chi connectivity index (χ3n) is 6.67. The van der Waals surface area contributed by atoms with Crippen molar-refractivity contribution in [2.45, 2.75) is 50.2 Å². The fraction of sp³-hybridized carbons (Fsp3) is 0.478. The Bertz CT molecular complexity index is 1030. The van der Waals surface area contributed by atoms with Gasteiger partial charge in [-0.2, -0.15) is 26.3 Å². The van der Waals surface area contributed by atoms with Crippen molar-refractivity contribution in [3.63, 3.8) is 0 Å². The number of non-ortho nitro benzene ring substituents is 1. The largest absolute Gasteiger partial charge is 0.416 e. The number of alkyl halides is 6. The quantitative estimate of drug-likeness (QED) is 0.323. The smallest absolute Gasteiger partial charge is 0.299 e. The number of nitro groups is 1. The molecule has 0 bridgehead atoms. The van der Waals surface area contributed by atoms with Gasteiger partial charge in [-0.3, -0.25) is 25.9 Å². The summed E-state index contributed by atoms with van der Waals surface area (Å²) < 4.78 is 78.8. The number of hydrazine groups is 1. The lowest BCUT2D eigenvalue weighted by Crippen LogP contribution is -2.42. The summed E-state index contributed by atoms with van der Waals surface area (Å²) in [6.07, 6.45) is -7.55. The fourth-order valence-electron chi connectivity index (χ4n) is 4.85. The minimum atomic E-state index is -4.86. The van der Waals surface area contributed by atoms with Crippen LogP contribution in [0.3, 0.4) is 0 Å². The Morgan fingerprint density at radius 1 is 0.943 bits per heavy atom. The van der Waals surface area contributed by atoms with Gasteiger partial charge >= 0.3 is 12.4 Å². The minimum absolute atomic E-state index is 0.00632. The predicted molar refractivity (Wildman–Crippen MR) is 115 cm³/mol. The van der Waals surface area contributed by atoms with Crippen molar-refractivity contribution in [2.75, 3.05) is 13.1 Å². The lowest BCUT2D eigenvalue weighted by atomic mass is 9.86. The van der Waals surface area contributed by atoms with Crippen molar-refractivity contribution in [3.05, 3.63) is 74.8 Å². The second kappa shape index (κ2) is 9.75. The van der Waals surface area contributed by atoms with Gasteiger partial charge in [0.05, 0.1) is 16.1 Å². The molecule has 0 spiro atoms. The first-order valence-corrected chi connectivity index (χ1v) is 11.2. The van der Waals surface area contributed by atoms with Crippen molar-refractivity contribution < 1.29 is 31.3 Å². The topological polar surface area (TPSA) is 70.4 Å². The van der Waals surface area contributed by atoms with Crippen molar-refractivity contribution >= 4 is 5.69 Å². The molecule has 2 heterocycles. The van der Waals surface area contributed by atoms with Gasteiger partial charge in [0.1, 0.15) is 0 Å². The van der Waals surface area contributed by atoms with E-state index in [1.807, 2.05) is 11.0 Å². The van der Waals surface area contributed by atoms with E-state index >= 15 is 0 Å². The van der Waals surface area contributed by atoms with E-state index in [0.717, 1.165) is 30.5 Å². The van der Waals surface area contributed by atoms with E-state index in [1.165, 1.54) is 12.1 Å². The zero-order valence-corrected chi connectivity index (χ0v) is 18.5. The molecular formula is C23H24F6N4O2. The molecule has 4 rings (SSSR count). The molecule has 0 radical (unpaired) electrons. The van der Waals surface area contributed by atoms with Crippen LogP contribution in [0.5, 0.6) is 0 Å². The molecule has 35 heavy (non-hydrogen) atoms. The van der Waals surface area contributed by atoms with Crippen LogP contribution in [-0.2, 0) is 18.9 Å². The second-order valence-corrected chi connectivity index (χ2v) is 9.06. The van der Waals surface area contributed by atoms with Gasteiger partial charge in [0.25, 0.3) is 5.69 Å². The lowest BCUT2D eigenvalue weighted by molar-refractivity contribution is -0.384. The molecule has 2 saturated heterocycles. The molecule has 0 aliphatic carbocycles. The molecule has 2 atom stereocenters. The number of nitrogens with one attached hydrogen (secondary N) is 2. The first-order chi connectivity index (χ1) is 16.4. The molecule has 2 aromatic carbocycles. The van der Waals surface area contributed by atoms with E-state index in [0.29, 0.717) is 19.5 Å². The van der Waals surface area contributed by atoms with E-state index in [-0.39, 0.29) is 41.9 Å². The van der Waals surface area contributed by atoms with Gasteiger partial charge in [0.15, 0.2) is 0 Å². The summed E-state index contributed by atoms with van der Waals surface area (Å²) in [7, 11) is 0. The molecule has 2 aliphatic rings. The van der Waals surface area contributed by atoms with Gasteiger partial charge in [-0.1, -0.05) is 12.1 Å². The van der Waals surface area contributed by atoms with Gasteiger partial charge in [0, 0.05) is 30.8 Å². The van der Waals surface area contributed by atoms with Crippen LogP contribution >= 0.6 is 0 Å². The molecule has 0 saturated carbocycles. The number of hydrogen-bond donors (Lipinski definition) is 2. The van der Waals surface area contributed by atoms with Crippen LogP contribution in [0.2, 0.25) is 0 Å². The Balaban J connectivity index is 1.36. The summed E-state index contributed by atoms with van der Waals surface area (Å²) in [4.78, 5) is 12.5. The Morgan fingerprint density at radius 3 is 2.14 bits per heavy atom. The van der Waals surface area contributed by atoms with Crippen LogP contribution < -0.4 is 10.9 Å².